The van der Waals surface area contributed by atoms with Gasteiger partial charge in [0.05, 0.1) is 26.8 Å². The van der Waals surface area contributed by atoms with Crippen LogP contribution >= 0.6 is 27.3 Å². The Morgan fingerprint density at radius 3 is 2.54 bits per heavy atom. The van der Waals surface area contributed by atoms with Crippen molar-refractivity contribution in [1.29, 1.82) is 0 Å². The monoisotopic (exact) mass is 497 g/mol. The van der Waals surface area contributed by atoms with E-state index in [4.69, 9.17) is 0 Å². The van der Waals surface area contributed by atoms with Crippen LogP contribution in [0.3, 0.4) is 0 Å². The second-order valence-corrected chi connectivity index (χ2v) is 9.88. The Kier molecular flexibility index (Phi) is 4.97. The number of benzene rings is 1. The quantitative estimate of drug-likeness (QED) is 0.662. The number of hydrogen-bond donors (Lipinski definition) is 2. The normalized spacial score (nSPS) is 17.9. The minimum absolute atomic E-state index is 0.0339. The summed E-state index contributed by atoms with van der Waals surface area (Å²) >= 11 is 4.04. The number of carbonyl (C=O) groups excluding carboxylic acids is 2. The Morgan fingerprint density at radius 1 is 1.29 bits per heavy atom. The number of anilines is 1. The second-order valence-electron chi connectivity index (χ2n) is 6.19. The molecule has 1 unspecified atom stereocenters. The molecule has 0 spiro atoms. The molecule has 0 bridgehead atoms. The van der Waals surface area contributed by atoms with Crippen LogP contribution in [-0.2, 0) is 20.4 Å². The van der Waals surface area contributed by atoms with E-state index in [0.29, 0.717) is 0 Å². The highest BCUT2D eigenvalue weighted by Crippen LogP contribution is 2.40. The average Bonchev–Trinajstić information content (AvgIpc) is 2.98. The predicted molar refractivity (Wildman–Crippen MR) is 98.1 cm³/mol. The maximum absolute atomic E-state index is 13.0. The SMILES string of the molecule is CC(O)(C(=O)Nc1ccc(Br)c2c1C(=O)c1sccc1CS2(=O)=O)C(F)(F)F. The number of amides is 1. The predicted octanol–water partition coefficient (Wildman–Crippen LogP) is 3.28. The molecule has 2 aromatic rings. The largest absolute Gasteiger partial charge is 0.426 e. The summed E-state index contributed by atoms with van der Waals surface area (Å²) in [6, 6.07) is 3.77. The van der Waals surface area contributed by atoms with Crippen LogP contribution in [0, 0.1) is 0 Å². The molecule has 12 heteroatoms. The number of sulfone groups is 1. The standard InChI is InChI=1S/C16H11BrF3NO5S2/c1-15(24,16(18,19)20)14(23)21-9-3-2-8(17)13-10(9)11(22)12-7(4-5-27-12)6-28(13,25)26/h2-5,24H,6H2,1H3,(H,21,23). The Labute approximate surface area is 169 Å². The highest BCUT2D eigenvalue weighted by molar-refractivity contribution is 9.10. The van der Waals surface area contributed by atoms with Crippen LogP contribution in [0.4, 0.5) is 18.9 Å². The molecule has 0 radical (unpaired) electrons. The third-order valence-electron chi connectivity index (χ3n) is 4.19. The topological polar surface area (TPSA) is 101 Å². The third-order valence-corrected chi connectivity index (χ3v) is 7.80. The van der Waals surface area contributed by atoms with E-state index in [1.165, 1.54) is 17.5 Å². The second kappa shape index (κ2) is 6.65. The summed E-state index contributed by atoms with van der Waals surface area (Å²) in [5.41, 5.74) is -4.38. The first-order valence-electron chi connectivity index (χ1n) is 7.54. The van der Waals surface area contributed by atoms with Crippen molar-refractivity contribution in [2.24, 2.45) is 0 Å². The van der Waals surface area contributed by atoms with Crippen LogP contribution in [0.1, 0.15) is 27.7 Å². The Hall–Kier alpha value is -1.76. The summed E-state index contributed by atoms with van der Waals surface area (Å²) in [5.74, 6) is -3.06. The fourth-order valence-corrected chi connectivity index (χ4v) is 6.31. The molecule has 1 aliphatic rings. The zero-order valence-electron chi connectivity index (χ0n) is 13.9. The zero-order valence-corrected chi connectivity index (χ0v) is 17.1. The van der Waals surface area contributed by atoms with E-state index in [1.54, 1.807) is 0 Å². The number of fused-ring (bicyclic) bond motifs is 2. The molecule has 150 valence electrons. The van der Waals surface area contributed by atoms with Gasteiger partial charge in [-0.2, -0.15) is 13.2 Å². The molecule has 2 N–H and O–H groups in total. The van der Waals surface area contributed by atoms with Gasteiger partial charge in [-0.05, 0) is 52.0 Å². The zero-order chi connectivity index (χ0) is 21.1. The van der Waals surface area contributed by atoms with E-state index < -0.39 is 55.2 Å². The minimum Gasteiger partial charge on any atom is -0.373 e. The van der Waals surface area contributed by atoms with Gasteiger partial charge < -0.3 is 10.4 Å². The molecule has 1 atom stereocenters. The molecular weight excluding hydrogens is 487 g/mol. The number of nitrogens with one attached hydrogen (secondary N) is 1. The molecule has 28 heavy (non-hydrogen) atoms. The molecule has 1 amide bonds. The van der Waals surface area contributed by atoms with Gasteiger partial charge in [0.25, 0.3) is 5.91 Å². The number of hydrogen-bond acceptors (Lipinski definition) is 6. The van der Waals surface area contributed by atoms with Gasteiger partial charge in [0.1, 0.15) is 0 Å². The Bertz CT molecular complexity index is 1110. The molecule has 1 aliphatic heterocycles. The summed E-state index contributed by atoms with van der Waals surface area (Å²) in [5, 5.41) is 12.9. The number of ketones is 1. The lowest BCUT2D eigenvalue weighted by molar-refractivity contribution is -0.242. The van der Waals surface area contributed by atoms with Crippen LogP contribution in [0.15, 0.2) is 32.9 Å². The highest BCUT2D eigenvalue weighted by atomic mass is 79.9. The minimum atomic E-state index is -5.28. The lowest BCUT2D eigenvalue weighted by Gasteiger charge is -2.25. The van der Waals surface area contributed by atoms with Crippen LogP contribution in [0.25, 0.3) is 0 Å². The maximum Gasteiger partial charge on any atom is 0.426 e. The highest BCUT2D eigenvalue weighted by Gasteiger charge is 2.56. The molecule has 0 saturated heterocycles. The number of alkyl halides is 3. The number of aliphatic hydroxyl groups is 1. The van der Waals surface area contributed by atoms with Crippen molar-refractivity contribution in [3.8, 4) is 0 Å². The van der Waals surface area contributed by atoms with Gasteiger partial charge in [-0.15, -0.1) is 11.3 Å². The van der Waals surface area contributed by atoms with E-state index in [1.807, 2.05) is 5.32 Å². The molecule has 1 aromatic heterocycles. The summed E-state index contributed by atoms with van der Waals surface area (Å²) < 4.78 is 64.4. The van der Waals surface area contributed by atoms with Gasteiger partial charge in [0.15, 0.2) is 9.84 Å². The third kappa shape index (κ3) is 3.27. The average molecular weight is 498 g/mol. The van der Waals surface area contributed by atoms with E-state index in [0.717, 1.165) is 17.4 Å². The van der Waals surface area contributed by atoms with Crippen LogP contribution in [-0.4, -0.2) is 37.0 Å². The number of carbonyl (C=O) groups is 2. The van der Waals surface area contributed by atoms with Crippen molar-refractivity contribution >= 4 is 54.5 Å². The van der Waals surface area contributed by atoms with E-state index in [9.17, 15) is 36.3 Å². The van der Waals surface area contributed by atoms with E-state index in [-0.39, 0.29) is 21.8 Å². The van der Waals surface area contributed by atoms with E-state index in [2.05, 4.69) is 15.9 Å². The first-order valence-corrected chi connectivity index (χ1v) is 10.9. The summed E-state index contributed by atoms with van der Waals surface area (Å²) in [6.45, 7) is 0.260. The van der Waals surface area contributed by atoms with Gasteiger partial charge in [-0.3, -0.25) is 9.59 Å². The molecule has 1 aromatic carbocycles. The molecule has 0 saturated carbocycles. The van der Waals surface area contributed by atoms with Crippen molar-refractivity contribution in [3.05, 3.63) is 44.1 Å². The van der Waals surface area contributed by atoms with Crippen molar-refractivity contribution in [1.82, 2.24) is 0 Å². The Balaban J connectivity index is 2.21. The smallest absolute Gasteiger partial charge is 0.373 e. The lowest BCUT2D eigenvalue weighted by Crippen LogP contribution is -2.52. The van der Waals surface area contributed by atoms with Gasteiger partial charge in [-0.25, -0.2) is 8.42 Å². The van der Waals surface area contributed by atoms with Gasteiger partial charge >= 0.3 is 6.18 Å². The van der Waals surface area contributed by atoms with Crippen molar-refractivity contribution in [3.63, 3.8) is 0 Å². The number of thiophene rings is 1. The van der Waals surface area contributed by atoms with Gasteiger partial charge in [0, 0.05) is 4.47 Å². The van der Waals surface area contributed by atoms with Crippen molar-refractivity contribution < 1.29 is 36.3 Å². The lowest BCUT2D eigenvalue weighted by atomic mass is 10.0. The molecule has 0 aliphatic carbocycles. The number of halogens is 4. The summed E-state index contributed by atoms with van der Waals surface area (Å²) in [6.07, 6.45) is -5.28. The fourth-order valence-electron chi connectivity index (χ4n) is 2.60. The fraction of sp³-hybridized carbons (Fsp3) is 0.250. The molecular formula is C16H11BrF3NO5S2. The molecule has 6 nitrogen and oxygen atoms in total. The first-order chi connectivity index (χ1) is 12.8. The van der Waals surface area contributed by atoms with Crippen molar-refractivity contribution in [2.75, 3.05) is 5.32 Å². The maximum atomic E-state index is 13.0. The molecule has 0 fully saturated rings. The molecule has 3 rings (SSSR count). The van der Waals surface area contributed by atoms with Gasteiger partial charge in [0.2, 0.25) is 11.4 Å². The van der Waals surface area contributed by atoms with Crippen LogP contribution in [0.2, 0.25) is 0 Å². The van der Waals surface area contributed by atoms with Crippen LogP contribution in [0.5, 0.6) is 0 Å². The van der Waals surface area contributed by atoms with Crippen molar-refractivity contribution in [2.45, 2.75) is 29.3 Å². The summed E-state index contributed by atoms with van der Waals surface area (Å²) in [4.78, 5) is 24.7. The number of rotatable bonds is 2. The first kappa shape index (κ1) is 21.0. The van der Waals surface area contributed by atoms with Gasteiger partial charge in [-0.1, -0.05) is 0 Å². The summed E-state index contributed by atoms with van der Waals surface area (Å²) in [7, 11) is -4.04. The van der Waals surface area contributed by atoms with E-state index >= 15 is 0 Å². The van der Waals surface area contributed by atoms with Crippen LogP contribution < -0.4 is 5.32 Å². The Morgan fingerprint density at radius 2 is 1.93 bits per heavy atom. The molecule has 2 heterocycles.